The number of carbonyl (C=O) groups excluding carboxylic acids is 2. The van der Waals surface area contributed by atoms with Crippen molar-refractivity contribution in [1.82, 2.24) is 0 Å². The van der Waals surface area contributed by atoms with Gasteiger partial charge in [-0.2, -0.15) is 0 Å². The van der Waals surface area contributed by atoms with Crippen LogP contribution in [0, 0.1) is 0 Å². The molecule has 0 radical (unpaired) electrons. The Morgan fingerprint density at radius 2 is 1.00 bits per heavy atom. The Morgan fingerprint density at radius 1 is 0.778 bits per heavy atom. The summed E-state index contributed by atoms with van der Waals surface area (Å²) in [6.45, 7) is 2.14. The number of likely N-dealkylation sites (N-methyl/N-ethyl adjacent to an activating group) is 2. The van der Waals surface area contributed by atoms with E-state index in [2.05, 4.69) is 0 Å². The predicted molar refractivity (Wildman–Crippen MR) is 62.1 cm³/mol. The third kappa shape index (κ3) is 11.9. The van der Waals surface area contributed by atoms with Crippen LogP contribution < -0.4 is 36.3 Å². The van der Waals surface area contributed by atoms with Crippen LogP contribution in [0.1, 0.15) is 0 Å². The van der Waals surface area contributed by atoms with Crippen molar-refractivity contribution in [2.45, 2.75) is 0 Å². The van der Waals surface area contributed by atoms with Crippen LogP contribution in [-0.4, -0.2) is 75.2 Å². The molecule has 0 heterocycles. The van der Waals surface area contributed by atoms with Crippen LogP contribution in [0.2, 0.25) is 0 Å². The first-order valence-electron chi connectivity index (χ1n) is 5.25. The van der Waals surface area contributed by atoms with Gasteiger partial charge in [0.2, 0.25) is 0 Å². The van der Waals surface area contributed by atoms with Crippen LogP contribution in [0.5, 0.6) is 0 Å². The van der Waals surface area contributed by atoms with Crippen molar-refractivity contribution < 1.29 is 43.4 Å². The lowest BCUT2D eigenvalue weighted by Gasteiger charge is -2.34. The zero-order chi connectivity index (χ0) is 13.0. The van der Waals surface area contributed by atoms with Gasteiger partial charge in [0, 0.05) is 0 Å². The molecule has 0 fully saturated rings. The van der Waals surface area contributed by atoms with Crippen molar-refractivity contribution in [3.8, 4) is 0 Å². The maximum atomic E-state index is 10.8. The predicted octanol–water partition coefficient (Wildman–Crippen LogP) is -7.88. The van der Waals surface area contributed by atoms with Crippen molar-refractivity contribution in [3.05, 3.63) is 0 Å². The van der Waals surface area contributed by atoms with Crippen molar-refractivity contribution in [2.24, 2.45) is 11.5 Å². The number of primary amides is 2. The van der Waals surface area contributed by atoms with E-state index < -0.39 is 0 Å². The van der Waals surface area contributed by atoms with E-state index in [0.717, 1.165) is 13.1 Å². The summed E-state index contributed by atoms with van der Waals surface area (Å²) in [7, 11) is 7.76. The second-order valence-electron chi connectivity index (χ2n) is 5.57. The maximum absolute atomic E-state index is 10.8. The molecule has 110 valence electrons. The van der Waals surface area contributed by atoms with Gasteiger partial charge in [-0.05, 0) is 0 Å². The Kier molecular flexibility index (Phi) is 10.7. The normalized spacial score (nSPS) is 11.1. The lowest BCUT2D eigenvalue weighted by atomic mass is 10.3. The van der Waals surface area contributed by atoms with E-state index in [4.69, 9.17) is 11.5 Å². The lowest BCUT2D eigenvalue weighted by Crippen LogP contribution is -3.00. The van der Waals surface area contributed by atoms with Gasteiger partial charge >= 0.3 is 0 Å². The highest BCUT2D eigenvalue weighted by Gasteiger charge is 2.25. The van der Waals surface area contributed by atoms with Crippen LogP contribution in [0.15, 0.2) is 0 Å². The molecule has 0 saturated carbocycles. The summed E-state index contributed by atoms with van der Waals surface area (Å²) < 4.78 is 1.05. The molecule has 0 bridgehead atoms. The van der Waals surface area contributed by atoms with Crippen molar-refractivity contribution in [2.75, 3.05) is 54.4 Å². The van der Waals surface area contributed by atoms with E-state index in [1.54, 1.807) is 0 Å². The zero-order valence-electron chi connectivity index (χ0n) is 11.4. The van der Waals surface area contributed by atoms with Crippen LogP contribution in [-0.2, 0) is 9.59 Å². The third-order valence-corrected chi connectivity index (χ3v) is 2.48. The Hall–Kier alpha value is -0.560. The monoisotopic (exact) mass is 302 g/mol. The number of carbonyl (C=O) groups is 2. The number of quaternary nitrogens is 2. The fraction of sp³-hybridized carbons (Fsp3) is 0.800. The molecular formula is C10H24Cl2N4O2. The number of nitrogens with two attached hydrogens (primary N) is 2. The molecule has 0 aromatic heterocycles. The first-order valence-corrected chi connectivity index (χ1v) is 5.25. The van der Waals surface area contributed by atoms with E-state index in [1.807, 2.05) is 28.2 Å². The Bertz CT molecular complexity index is 255. The highest BCUT2D eigenvalue weighted by atomic mass is 35.5. The van der Waals surface area contributed by atoms with Gasteiger partial charge in [-0.15, -0.1) is 0 Å². The summed E-state index contributed by atoms with van der Waals surface area (Å²) >= 11 is 0. The van der Waals surface area contributed by atoms with Crippen LogP contribution in [0.4, 0.5) is 0 Å². The average Bonchev–Trinajstić information content (AvgIpc) is 1.96. The van der Waals surface area contributed by atoms with Gasteiger partial charge in [0.25, 0.3) is 11.8 Å². The van der Waals surface area contributed by atoms with Crippen molar-refractivity contribution in [3.63, 3.8) is 0 Å². The molecule has 0 unspecified atom stereocenters. The fourth-order valence-electron chi connectivity index (χ4n) is 1.54. The number of rotatable bonds is 7. The highest BCUT2D eigenvalue weighted by Crippen LogP contribution is 2.01. The van der Waals surface area contributed by atoms with Crippen LogP contribution in [0.3, 0.4) is 0 Å². The van der Waals surface area contributed by atoms with E-state index in [0.29, 0.717) is 22.1 Å². The van der Waals surface area contributed by atoms with Gasteiger partial charge in [-0.3, -0.25) is 9.59 Å². The molecule has 18 heavy (non-hydrogen) atoms. The molecule has 0 aliphatic carbocycles. The van der Waals surface area contributed by atoms with Crippen molar-refractivity contribution in [1.29, 1.82) is 0 Å². The molecule has 0 aliphatic rings. The molecule has 0 aromatic rings. The van der Waals surface area contributed by atoms with Gasteiger partial charge < -0.3 is 45.2 Å². The van der Waals surface area contributed by atoms with Gasteiger partial charge in [0.15, 0.2) is 13.1 Å². The minimum absolute atomic E-state index is 0. The number of nitrogens with zero attached hydrogens (tertiary/aromatic N) is 2. The van der Waals surface area contributed by atoms with Gasteiger partial charge in [-0.25, -0.2) is 0 Å². The fourth-order valence-corrected chi connectivity index (χ4v) is 1.54. The number of halogens is 2. The minimum atomic E-state index is -0.315. The average molecular weight is 303 g/mol. The molecule has 2 amide bonds. The number of hydrogen-bond donors (Lipinski definition) is 2. The molecule has 0 saturated heterocycles. The molecule has 6 nitrogen and oxygen atoms in total. The van der Waals surface area contributed by atoms with Crippen molar-refractivity contribution >= 4 is 11.8 Å². The van der Waals surface area contributed by atoms with Gasteiger partial charge in [0.05, 0.1) is 28.2 Å². The summed E-state index contributed by atoms with van der Waals surface area (Å²) in [5.41, 5.74) is 10.3. The topological polar surface area (TPSA) is 86.2 Å². The molecular weight excluding hydrogens is 279 g/mol. The standard InChI is InChI=1S/C10H22N4O2.2ClH/c1-13(2,7-9(11)15)5-6-14(3,4)8-10(12)16;;/h5-8H2,1-4H3,(H2-2,11,12,15,16);2*1H. The minimum Gasteiger partial charge on any atom is -1.00 e. The summed E-state index contributed by atoms with van der Waals surface area (Å²) in [4.78, 5) is 21.7. The second kappa shape index (κ2) is 8.53. The molecule has 0 atom stereocenters. The summed E-state index contributed by atoms with van der Waals surface area (Å²) in [5, 5.41) is 0. The van der Waals surface area contributed by atoms with E-state index in [1.165, 1.54) is 0 Å². The molecule has 0 aromatic carbocycles. The Labute approximate surface area is 121 Å². The highest BCUT2D eigenvalue weighted by molar-refractivity contribution is 5.75. The lowest BCUT2D eigenvalue weighted by molar-refractivity contribution is -0.938. The first kappa shape index (κ1) is 22.6. The van der Waals surface area contributed by atoms with E-state index in [9.17, 15) is 9.59 Å². The first-order chi connectivity index (χ1) is 7.04. The Morgan fingerprint density at radius 3 is 1.17 bits per heavy atom. The van der Waals surface area contributed by atoms with Crippen LogP contribution >= 0.6 is 0 Å². The number of amides is 2. The molecule has 0 spiro atoms. The number of hydrogen-bond acceptors (Lipinski definition) is 2. The van der Waals surface area contributed by atoms with Crippen LogP contribution in [0.25, 0.3) is 0 Å². The maximum Gasteiger partial charge on any atom is 0.272 e. The molecule has 4 N–H and O–H groups in total. The summed E-state index contributed by atoms with van der Waals surface area (Å²) in [6, 6.07) is 0. The van der Waals surface area contributed by atoms with E-state index in [-0.39, 0.29) is 36.6 Å². The zero-order valence-corrected chi connectivity index (χ0v) is 13.0. The second-order valence-corrected chi connectivity index (χ2v) is 5.57. The smallest absolute Gasteiger partial charge is 0.272 e. The SMILES string of the molecule is C[N+](C)(CC[N+](C)(C)CC(N)=O)CC(N)=O.[Cl-].[Cl-]. The molecule has 0 aliphatic heterocycles. The molecule has 8 heteroatoms. The summed E-state index contributed by atoms with van der Waals surface area (Å²) in [5.74, 6) is -0.629. The Balaban J connectivity index is -0.00000112. The summed E-state index contributed by atoms with van der Waals surface area (Å²) in [6.07, 6.45) is 0. The van der Waals surface area contributed by atoms with Gasteiger partial charge in [-0.1, -0.05) is 0 Å². The largest absolute Gasteiger partial charge is 1.00 e. The molecule has 0 rings (SSSR count). The third-order valence-electron chi connectivity index (χ3n) is 2.48. The van der Waals surface area contributed by atoms with E-state index >= 15 is 0 Å². The van der Waals surface area contributed by atoms with Gasteiger partial charge in [0.1, 0.15) is 13.1 Å². The quantitative estimate of drug-likeness (QED) is 0.458.